The van der Waals surface area contributed by atoms with E-state index in [1.54, 1.807) is 6.07 Å². The van der Waals surface area contributed by atoms with Crippen LogP contribution in [0.5, 0.6) is 5.75 Å². The highest BCUT2D eigenvalue weighted by molar-refractivity contribution is 6.34. The molecule has 3 aromatic carbocycles. The number of benzene rings is 3. The molecular formula is C14H11BO3. The fourth-order valence-electron chi connectivity index (χ4n) is 2.23. The monoisotopic (exact) mass is 238 g/mol. The van der Waals surface area contributed by atoms with Crippen LogP contribution in [0.25, 0.3) is 21.5 Å². The second-order valence-corrected chi connectivity index (χ2v) is 4.08. The number of fused-ring (bicyclic) bond motifs is 3. The molecule has 0 spiro atoms. The summed E-state index contributed by atoms with van der Waals surface area (Å²) in [5.41, 5.74) is 0. The summed E-state index contributed by atoms with van der Waals surface area (Å²) in [4.78, 5) is 0. The molecule has 0 saturated carbocycles. The minimum atomic E-state index is -1.80. The van der Waals surface area contributed by atoms with Crippen molar-refractivity contribution in [3.63, 3.8) is 0 Å². The molecule has 0 aliphatic rings. The average Bonchev–Trinajstić information content (AvgIpc) is 2.38. The van der Waals surface area contributed by atoms with Gasteiger partial charge in [-0.1, -0.05) is 48.5 Å². The van der Waals surface area contributed by atoms with Gasteiger partial charge in [-0.25, -0.2) is 0 Å². The molecule has 3 nitrogen and oxygen atoms in total. The molecule has 0 aromatic heterocycles. The Morgan fingerprint density at radius 2 is 1.50 bits per heavy atom. The van der Waals surface area contributed by atoms with Crippen molar-refractivity contribution >= 4 is 28.9 Å². The summed E-state index contributed by atoms with van der Waals surface area (Å²) >= 11 is 0. The van der Waals surface area contributed by atoms with Crippen LogP contribution in [-0.4, -0.2) is 17.4 Å². The fraction of sp³-hybridized carbons (Fsp3) is 0. The van der Waals surface area contributed by atoms with E-state index in [1.165, 1.54) is 0 Å². The molecule has 0 saturated heterocycles. The smallest absolute Gasteiger partial charge is 0.512 e. The molecule has 4 heteroatoms. The fourth-order valence-corrected chi connectivity index (χ4v) is 2.23. The average molecular weight is 238 g/mol. The van der Waals surface area contributed by atoms with Crippen molar-refractivity contribution in [2.24, 2.45) is 0 Å². The van der Waals surface area contributed by atoms with Gasteiger partial charge in [-0.2, -0.15) is 0 Å². The van der Waals surface area contributed by atoms with Crippen LogP contribution < -0.4 is 4.65 Å². The summed E-state index contributed by atoms with van der Waals surface area (Å²) in [6, 6.07) is 17.5. The summed E-state index contributed by atoms with van der Waals surface area (Å²) in [6.07, 6.45) is 0. The number of hydrogen-bond donors (Lipinski definition) is 2. The lowest BCUT2D eigenvalue weighted by atomic mass is 10.0. The van der Waals surface area contributed by atoms with Crippen molar-refractivity contribution in [2.45, 2.75) is 0 Å². The van der Waals surface area contributed by atoms with Crippen LogP contribution in [0.15, 0.2) is 54.6 Å². The molecule has 0 bridgehead atoms. The molecular weight excluding hydrogens is 227 g/mol. The van der Waals surface area contributed by atoms with Gasteiger partial charge in [0.05, 0.1) is 0 Å². The second-order valence-electron chi connectivity index (χ2n) is 4.08. The van der Waals surface area contributed by atoms with Gasteiger partial charge < -0.3 is 14.7 Å². The van der Waals surface area contributed by atoms with E-state index in [0.29, 0.717) is 5.75 Å². The second kappa shape index (κ2) is 4.33. The molecule has 2 N–H and O–H groups in total. The Bertz CT molecular complexity index is 710. The molecule has 0 atom stereocenters. The molecule has 3 aromatic rings. The Hall–Kier alpha value is -2.04. The normalized spacial score (nSPS) is 10.8. The van der Waals surface area contributed by atoms with E-state index in [9.17, 15) is 0 Å². The van der Waals surface area contributed by atoms with Crippen LogP contribution in [0, 0.1) is 0 Å². The van der Waals surface area contributed by atoms with Crippen molar-refractivity contribution in [3.05, 3.63) is 54.6 Å². The highest BCUT2D eigenvalue weighted by Gasteiger charge is 2.13. The van der Waals surface area contributed by atoms with E-state index in [2.05, 4.69) is 0 Å². The highest BCUT2D eigenvalue weighted by atomic mass is 16.6. The van der Waals surface area contributed by atoms with E-state index in [1.807, 2.05) is 48.5 Å². The van der Waals surface area contributed by atoms with Crippen molar-refractivity contribution in [1.82, 2.24) is 0 Å². The van der Waals surface area contributed by atoms with Crippen molar-refractivity contribution in [3.8, 4) is 5.75 Å². The van der Waals surface area contributed by atoms with Crippen molar-refractivity contribution in [1.29, 1.82) is 0 Å². The van der Waals surface area contributed by atoms with Gasteiger partial charge in [0, 0.05) is 5.39 Å². The summed E-state index contributed by atoms with van der Waals surface area (Å²) < 4.78 is 4.99. The van der Waals surface area contributed by atoms with Gasteiger partial charge in [-0.05, 0) is 22.2 Å². The van der Waals surface area contributed by atoms with E-state index in [0.717, 1.165) is 21.5 Å². The van der Waals surface area contributed by atoms with Gasteiger partial charge in [-0.3, -0.25) is 0 Å². The zero-order valence-electron chi connectivity index (χ0n) is 9.58. The number of hydrogen-bond acceptors (Lipinski definition) is 3. The van der Waals surface area contributed by atoms with Crippen LogP contribution in [0.4, 0.5) is 0 Å². The van der Waals surface area contributed by atoms with Crippen LogP contribution in [0.2, 0.25) is 0 Å². The third-order valence-corrected chi connectivity index (χ3v) is 2.98. The Morgan fingerprint density at radius 1 is 0.722 bits per heavy atom. The molecule has 0 unspecified atom stereocenters. The summed E-state index contributed by atoms with van der Waals surface area (Å²) in [7, 11) is -1.80. The quantitative estimate of drug-likeness (QED) is 0.532. The minimum Gasteiger partial charge on any atom is -0.512 e. The molecule has 0 amide bonds. The first-order valence-electron chi connectivity index (χ1n) is 5.69. The standard InChI is InChI=1S/C14H11BO3/c16-15(17)18-14-7-3-6-12-11-5-2-1-4-10(11)8-9-13(12)14/h1-9,16-17H. The van der Waals surface area contributed by atoms with Crippen LogP contribution in [0.3, 0.4) is 0 Å². The van der Waals surface area contributed by atoms with E-state index in [-0.39, 0.29) is 0 Å². The lowest BCUT2D eigenvalue weighted by Crippen LogP contribution is -2.20. The highest BCUT2D eigenvalue weighted by Crippen LogP contribution is 2.31. The summed E-state index contributed by atoms with van der Waals surface area (Å²) in [5.74, 6) is 0.466. The van der Waals surface area contributed by atoms with Gasteiger partial charge in [0.2, 0.25) is 0 Å². The Labute approximate surface area is 104 Å². The lowest BCUT2D eigenvalue weighted by Gasteiger charge is -2.10. The molecule has 3 rings (SSSR count). The Balaban J connectivity index is 2.32. The van der Waals surface area contributed by atoms with Crippen LogP contribution in [0.1, 0.15) is 0 Å². The maximum Gasteiger partial charge on any atom is 0.707 e. The maximum absolute atomic E-state index is 8.91. The van der Waals surface area contributed by atoms with Gasteiger partial charge >= 0.3 is 7.32 Å². The molecule has 88 valence electrons. The van der Waals surface area contributed by atoms with Crippen molar-refractivity contribution in [2.75, 3.05) is 0 Å². The van der Waals surface area contributed by atoms with E-state index in [4.69, 9.17) is 14.7 Å². The van der Waals surface area contributed by atoms with Gasteiger partial charge in [-0.15, -0.1) is 0 Å². The molecule has 0 aliphatic heterocycles. The van der Waals surface area contributed by atoms with Gasteiger partial charge in [0.15, 0.2) is 0 Å². The zero-order valence-corrected chi connectivity index (χ0v) is 9.58. The third kappa shape index (κ3) is 1.81. The first kappa shape index (κ1) is 11.1. The molecule has 0 radical (unpaired) electrons. The number of rotatable bonds is 2. The molecule has 0 fully saturated rings. The topological polar surface area (TPSA) is 49.7 Å². The third-order valence-electron chi connectivity index (χ3n) is 2.98. The largest absolute Gasteiger partial charge is 0.707 e. The van der Waals surface area contributed by atoms with Crippen molar-refractivity contribution < 1.29 is 14.7 Å². The first-order chi connectivity index (χ1) is 8.75. The maximum atomic E-state index is 8.91. The first-order valence-corrected chi connectivity index (χ1v) is 5.69. The van der Waals surface area contributed by atoms with E-state index >= 15 is 0 Å². The molecule has 0 aliphatic carbocycles. The predicted molar refractivity (Wildman–Crippen MR) is 72.3 cm³/mol. The zero-order chi connectivity index (χ0) is 12.5. The van der Waals surface area contributed by atoms with Crippen LogP contribution in [-0.2, 0) is 0 Å². The van der Waals surface area contributed by atoms with Crippen LogP contribution >= 0.6 is 0 Å². The van der Waals surface area contributed by atoms with Gasteiger partial charge in [0.25, 0.3) is 0 Å². The summed E-state index contributed by atoms with van der Waals surface area (Å²) in [6.45, 7) is 0. The summed E-state index contributed by atoms with van der Waals surface area (Å²) in [5, 5.41) is 22.0. The Morgan fingerprint density at radius 3 is 2.33 bits per heavy atom. The minimum absolute atomic E-state index is 0.466. The molecule has 0 heterocycles. The van der Waals surface area contributed by atoms with Gasteiger partial charge in [0.1, 0.15) is 5.75 Å². The SMILES string of the molecule is OB(O)Oc1cccc2c1ccc1ccccc12. The Kier molecular flexibility index (Phi) is 2.66. The molecule has 18 heavy (non-hydrogen) atoms. The lowest BCUT2D eigenvalue weighted by molar-refractivity contribution is 0.289. The van der Waals surface area contributed by atoms with E-state index < -0.39 is 7.32 Å². The predicted octanol–water partition coefficient (Wildman–Crippen LogP) is 2.34.